The quantitative estimate of drug-likeness (QED) is 0.356. The van der Waals surface area contributed by atoms with E-state index in [1.165, 1.54) is 0 Å². The van der Waals surface area contributed by atoms with Crippen LogP contribution < -0.4 is 4.74 Å². The summed E-state index contributed by atoms with van der Waals surface area (Å²) in [6, 6.07) is 7.63. The van der Waals surface area contributed by atoms with Crippen molar-refractivity contribution in [2.45, 2.75) is 6.92 Å². The van der Waals surface area contributed by atoms with Crippen LogP contribution in [0.15, 0.2) is 48.2 Å². The summed E-state index contributed by atoms with van der Waals surface area (Å²) in [5.74, 6) is 0.810. The predicted molar refractivity (Wildman–Crippen MR) is 66.1 cm³/mol. The van der Waals surface area contributed by atoms with Gasteiger partial charge in [-0.2, -0.15) is 0 Å². The third-order valence-electron chi connectivity index (χ3n) is 1.92. The van der Waals surface area contributed by atoms with Crippen molar-refractivity contribution >= 4 is 11.8 Å². The molecule has 0 bridgehead atoms. The van der Waals surface area contributed by atoms with Gasteiger partial charge >= 0.3 is 0 Å². The van der Waals surface area contributed by atoms with Crippen molar-refractivity contribution in [3.8, 4) is 5.75 Å². The van der Waals surface area contributed by atoms with Crippen molar-refractivity contribution in [3.63, 3.8) is 0 Å². The first-order valence-electron chi connectivity index (χ1n) is 4.96. The Morgan fingerprint density at radius 2 is 2.12 bits per heavy atom. The summed E-state index contributed by atoms with van der Waals surface area (Å²) < 4.78 is 5.35. The molecule has 1 aromatic carbocycles. The van der Waals surface area contributed by atoms with Gasteiger partial charge in [-0.15, -0.1) is 0 Å². The minimum atomic E-state index is 0.505. The molecule has 3 nitrogen and oxygen atoms in total. The Balaban J connectivity index is 2.64. The SMILES string of the molecule is C=CCOc1ccc(/C=C/C(C)=N/O)cc1. The second-order valence-corrected chi connectivity index (χ2v) is 3.24. The minimum absolute atomic E-state index is 0.505. The van der Waals surface area contributed by atoms with Crippen molar-refractivity contribution in [3.05, 3.63) is 48.6 Å². The molecule has 3 heteroatoms. The molecule has 1 N–H and O–H groups in total. The molecule has 0 atom stereocenters. The Labute approximate surface area is 95.4 Å². The van der Waals surface area contributed by atoms with Crippen LogP contribution in [0.4, 0.5) is 0 Å². The van der Waals surface area contributed by atoms with Crippen LogP contribution in [-0.2, 0) is 0 Å². The first-order chi connectivity index (χ1) is 7.76. The highest BCUT2D eigenvalue weighted by atomic mass is 16.5. The molecule has 1 aromatic rings. The monoisotopic (exact) mass is 217 g/mol. The average molecular weight is 217 g/mol. The van der Waals surface area contributed by atoms with E-state index in [0.717, 1.165) is 11.3 Å². The molecular weight excluding hydrogens is 202 g/mol. The molecule has 84 valence electrons. The number of hydrogen-bond acceptors (Lipinski definition) is 3. The second-order valence-electron chi connectivity index (χ2n) is 3.24. The van der Waals surface area contributed by atoms with Gasteiger partial charge in [0.25, 0.3) is 0 Å². The maximum absolute atomic E-state index is 8.46. The van der Waals surface area contributed by atoms with E-state index < -0.39 is 0 Å². The Morgan fingerprint density at radius 3 is 2.69 bits per heavy atom. The van der Waals surface area contributed by atoms with Gasteiger partial charge in [-0.3, -0.25) is 0 Å². The van der Waals surface area contributed by atoms with E-state index in [0.29, 0.717) is 12.3 Å². The minimum Gasteiger partial charge on any atom is -0.490 e. The smallest absolute Gasteiger partial charge is 0.119 e. The fraction of sp³-hybridized carbons (Fsp3) is 0.154. The third kappa shape index (κ3) is 4.00. The van der Waals surface area contributed by atoms with Gasteiger partial charge in [0, 0.05) is 0 Å². The van der Waals surface area contributed by atoms with E-state index in [1.54, 1.807) is 19.1 Å². The standard InChI is InChI=1S/C13H15NO2/c1-3-10-16-13-8-6-12(7-9-13)5-4-11(2)14-15/h3-9,15H,1,10H2,2H3/b5-4+,14-11+. The fourth-order valence-corrected chi connectivity index (χ4v) is 1.08. The van der Waals surface area contributed by atoms with Gasteiger partial charge in [0.2, 0.25) is 0 Å². The lowest BCUT2D eigenvalue weighted by molar-refractivity contribution is 0.319. The van der Waals surface area contributed by atoms with Crippen LogP contribution >= 0.6 is 0 Å². The number of benzene rings is 1. The zero-order valence-electron chi connectivity index (χ0n) is 9.26. The van der Waals surface area contributed by atoms with Crippen LogP contribution in [-0.4, -0.2) is 17.5 Å². The van der Waals surface area contributed by atoms with E-state index in [4.69, 9.17) is 9.94 Å². The van der Waals surface area contributed by atoms with Gasteiger partial charge in [-0.05, 0) is 30.7 Å². The van der Waals surface area contributed by atoms with E-state index in [-0.39, 0.29) is 0 Å². The van der Waals surface area contributed by atoms with Crippen LogP contribution in [0.25, 0.3) is 6.08 Å². The number of oxime groups is 1. The predicted octanol–water partition coefficient (Wildman–Crippen LogP) is 3.11. The number of ether oxygens (including phenoxy) is 1. The molecule has 0 radical (unpaired) electrons. The van der Waals surface area contributed by atoms with Gasteiger partial charge in [0.1, 0.15) is 12.4 Å². The maximum Gasteiger partial charge on any atom is 0.119 e. The molecule has 0 saturated carbocycles. The molecular formula is C13H15NO2. The summed E-state index contributed by atoms with van der Waals surface area (Å²) in [6.45, 7) is 5.80. The molecule has 0 aromatic heterocycles. The molecule has 0 aliphatic carbocycles. The van der Waals surface area contributed by atoms with Crippen molar-refractivity contribution in [2.75, 3.05) is 6.61 Å². The second kappa shape index (κ2) is 6.45. The Hall–Kier alpha value is -2.03. The summed E-state index contributed by atoms with van der Waals surface area (Å²) in [6.07, 6.45) is 5.31. The lowest BCUT2D eigenvalue weighted by Gasteiger charge is -2.02. The molecule has 0 heterocycles. The molecule has 0 amide bonds. The highest BCUT2D eigenvalue weighted by molar-refractivity contribution is 5.95. The molecule has 0 aliphatic heterocycles. The van der Waals surface area contributed by atoms with Gasteiger partial charge < -0.3 is 9.94 Å². The van der Waals surface area contributed by atoms with E-state index in [2.05, 4.69) is 11.7 Å². The van der Waals surface area contributed by atoms with E-state index in [1.807, 2.05) is 30.3 Å². The molecule has 0 saturated heterocycles. The Bertz CT molecular complexity index is 391. The van der Waals surface area contributed by atoms with Crippen LogP contribution in [0.3, 0.4) is 0 Å². The highest BCUT2D eigenvalue weighted by Gasteiger charge is 1.92. The highest BCUT2D eigenvalue weighted by Crippen LogP contribution is 2.13. The van der Waals surface area contributed by atoms with E-state index >= 15 is 0 Å². The molecule has 0 aliphatic rings. The number of rotatable bonds is 5. The summed E-state index contributed by atoms with van der Waals surface area (Å²) in [5.41, 5.74) is 1.58. The Kier molecular flexibility index (Phi) is 4.86. The van der Waals surface area contributed by atoms with Crippen molar-refractivity contribution in [1.29, 1.82) is 0 Å². The van der Waals surface area contributed by atoms with Gasteiger partial charge in [-0.25, -0.2) is 0 Å². The third-order valence-corrected chi connectivity index (χ3v) is 1.92. The molecule has 0 spiro atoms. The molecule has 0 unspecified atom stereocenters. The van der Waals surface area contributed by atoms with Crippen LogP contribution in [0, 0.1) is 0 Å². The largest absolute Gasteiger partial charge is 0.490 e. The topological polar surface area (TPSA) is 41.8 Å². The zero-order valence-corrected chi connectivity index (χ0v) is 9.26. The van der Waals surface area contributed by atoms with Gasteiger partial charge in [0.15, 0.2) is 0 Å². The summed E-state index contributed by atoms with van der Waals surface area (Å²) in [5, 5.41) is 11.5. The summed E-state index contributed by atoms with van der Waals surface area (Å²) in [4.78, 5) is 0. The molecule has 1 rings (SSSR count). The number of hydrogen-bond donors (Lipinski definition) is 1. The summed E-state index contributed by atoms with van der Waals surface area (Å²) in [7, 11) is 0. The van der Waals surface area contributed by atoms with E-state index in [9.17, 15) is 0 Å². The average Bonchev–Trinajstić information content (AvgIpc) is 2.34. The number of nitrogens with zero attached hydrogens (tertiary/aromatic N) is 1. The van der Waals surface area contributed by atoms with Crippen molar-refractivity contribution < 1.29 is 9.94 Å². The van der Waals surface area contributed by atoms with Crippen LogP contribution in [0.1, 0.15) is 12.5 Å². The van der Waals surface area contributed by atoms with Crippen LogP contribution in [0.5, 0.6) is 5.75 Å². The zero-order chi connectivity index (χ0) is 11.8. The van der Waals surface area contributed by atoms with Gasteiger partial charge in [0.05, 0.1) is 5.71 Å². The normalized spacial score (nSPS) is 11.7. The van der Waals surface area contributed by atoms with Gasteiger partial charge in [-0.1, -0.05) is 36.0 Å². The van der Waals surface area contributed by atoms with Crippen molar-refractivity contribution in [2.24, 2.45) is 5.16 Å². The molecule has 16 heavy (non-hydrogen) atoms. The lowest BCUT2D eigenvalue weighted by atomic mass is 10.2. The lowest BCUT2D eigenvalue weighted by Crippen LogP contribution is -1.92. The maximum atomic E-state index is 8.46. The summed E-state index contributed by atoms with van der Waals surface area (Å²) >= 11 is 0. The first kappa shape index (κ1) is 12.0. The Morgan fingerprint density at radius 1 is 1.44 bits per heavy atom. The first-order valence-corrected chi connectivity index (χ1v) is 4.96. The van der Waals surface area contributed by atoms with Crippen molar-refractivity contribution in [1.82, 2.24) is 0 Å². The number of allylic oxidation sites excluding steroid dienone is 1. The fourth-order valence-electron chi connectivity index (χ4n) is 1.08. The van der Waals surface area contributed by atoms with Crippen LogP contribution in [0.2, 0.25) is 0 Å². The molecule has 0 fully saturated rings.